The molecule has 0 aliphatic carbocycles. The number of thioether (sulfide) groups is 1. The molecule has 8 heteroatoms. The molecule has 1 N–H and O–H groups in total. The minimum Gasteiger partial charge on any atom is -0.352 e. The average Bonchev–Trinajstić information content (AvgIpc) is 3.29. The molecule has 0 aliphatic rings. The molecule has 1 amide bonds. The van der Waals surface area contributed by atoms with Crippen LogP contribution in [0, 0.1) is 0 Å². The fourth-order valence-corrected chi connectivity index (χ4v) is 5.32. The third kappa shape index (κ3) is 3.62. The van der Waals surface area contributed by atoms with E-state index in [1.54, 1.807) is 22.0 Å². The van der Waals surface area contributed by atoms with Crippen molar-refractivity contribution in [3.8, 4) is 10.4 Å². The van der Waals surface area contributed by atoms with Gasteiger partial charge in [-0.05, 0) is 25.3 Å². The maximum atomic E-state index is 13.1. The van der Waals surface area contributed by atoms with Crippen LogP contribution < -0.4 is 10.9 Å². The molecule has 0 fully saturated rings. The number of thiophene rings is 2. The SMILES string of the molecule is C=CCNC(=O)[C@H](C)Sc1nc2scc(-c3cccs3)c2c(=O)n1CC. The molecule has 3 aromatic heterocycles. The fourth-order valence-electron chi connectivity index (χ4n) is 2.52. The monoisotopic (exact) mass is 405 g/mol. The molecule has 3 heterocycles. The topological polar surface area (TPSA) is 64.0 Å². The standard InChI is InChI=1S/C18H19N3O2S3/c1-4-8-19-15(22)11(3)26-18-20-16-14(17(23)21(18)5-2)12(10-25-16)13-7-6-9-24-13/h4,6-7,9-11H,1,5,8H2,2-3H3,(H,19,22)/t11-/m0/s1. The van der Waals surface area contributed by atoms with Crippen molar-refractivity contribution in [2.24, 2.45) is 0 Å². The van der Waals surface area contributed by atoms with E-state index >= 15 is 0 Å². The summed E-state index contributed by atoms with van der Waals surface area (Å²) >= 11 is 4.38. The number of hydrogen-bond acceptors (Lipinski definition) is 6. The van der Waals surface area contributed by atoms with Crippen LogP contribution >= 0.6 is 34.4 Å². The molecule has 0 saturated carbocycles. The highest BCUT2D eigenvalue weighted by molar-refractivity contribution is 8.00. The number of amides is 1. The van der Waals surface area contributed by atoms with Crippen molar-refractivity contribution in [3.63, 3.8) is 0 Å². The van der Waals surface area contributed by atoms with Crippen molar-refractivity contribution in [2.75, 3.05) is 6.54 Å². The number of aromatic nitrogens is 2. The third-order valence-corrected chi connectivity index (χ3v) is 6.70. The second-order valence-corrected chi connectivity index (χ2v) is 8.66. The predicted octanol–water partition coefficient (Wildman–Crippen LogP) is 3.99. The van der Waals surface area contributed by atoms with Crippen LogP contribution in [0.5, 0.6) is 0 Å². The van der Waals surface area contributed by atoms with E-state index in [0.717, 1.165) is 10.4 Å². The van der Waals surface area contributed by atoms with Gasteiger partial charge in [0.1, 0.15) is 4.83 Å². The summed E-state index contributed by atoms with van der Waals surface area (Å²) in [7, 11) is 0. The Balaban J connectivity index is 2.01. The van der Waals surface area contributed by atoms with Gasteiger partial charge in [0.05, 0.1) is 10.6 Å². The summed E-state index contributed by atoms with van der Waals surface area (Å²) in [6.45, 7) is 8.25. The molecule has 5 nitrogen and oxygen atoms in total. The molecular formula is C18H19N3O2S3. The first kappa shape index (κ1) is 18.9. The highest BCUT2D eigenvalue weighted by Crippen LogP contribution is 2.35. The van der Waals surface area contributed by atoms with Crippen LogP contribution in [-0.4, -0.2) is 27.3 Å². The number of carbonyl (C=O) groups excluding carboxylic acids is 1. The van der Waals surface area contributed by atoms with Gasteiger partial charge in [0, 0.05) is 28.9 Å². The zero-order chi connectivity index (χ0) is 18.7. The molecular weight excluding hydrogens is 386 g/mol. The van der Waals surface area contributed by atoms with Gasteiger partial charge in [-0.25, -0.2) is 4.98 Å². The summed E-state index contributed by atoms with van der Waals surface area (Å²) < 4.78 is 1.65. The number of carbonyl (C=O) groups is 1. The van der Waals surface area contributed by atoms with Gasteiger partial charge in [-0.15, -0.1) is 29.3 Å². The number of nitrogens with one attached hydrogen (secondary N) is 1. The average molecular weight is 406 g/mol. The number of rotatable bonds is 7. The molecule has 26 heavy (non-hydrogen) atoms. The Kier molecular flexibility index (Phi) is 5.95. The first-order valence-electron chi connectivity index (χ1n) is 8.18. The summed E-state index contributed by atoms with van der Waals surface area (Å²) in [6.07, 6.45) is 1.64. The molecule has 0 aliphatic heterocycles. The summed E-state index contributed by atoms with van der Waals surface area (Å²) in [4.78, 5) is 31.7. The van der Waals surface area contributed by atoms with Crippen molar-refractivity contribution in [2.45, 2.75) is 30.8 Å². The van der Waals surface area contributed by atoms with E-state index in [2.05, 4.69) is 16.9 Å². The zero-order valence-electron chi connectivity index (χ0n) is 14.5. The molecule has 1 atom stereocenters. The fraction of sp³-hybridized carbons (Fsp3) is 0.278. The van der Waals surface area contributed by atoms with E-state index in [1.165, 1.54) is 23.1 Å². The van der Waals surface area contributed by atoms with E-state index in [-0.39, 0.29) is 16.7 Å². The second kappa shape index (κ2) is 8.20. The van der Waals surface area contributed by atoms with Gasteiger partial charge in [0.15, 0.2) is 5.16 Å². The Morgan fingerprint density at radius 1 is 1.50 bits per heavy atom. The van der Waals surface area contributed by atoms with Crippen molar-refractivity contribution in [3.05, 3.63) is 45.9 Å². The quantitative estimate of drug-likeness (QED) is 0.367. The van der Waals surface area contributed by atoms with Crippen LogP contribution in [0.1, 0.15) is 13.8 Å². The molecule has 0 aromatic carbocycles. The minimum atomic E-state index is -0.353. The maximum Gasteiger partial charge on any atom is 0.263 e. The van der Waals surface area contributed by atoms with E-state index in [9.17, 15) is 9.59 Å². The number of fused-ring (bicyclic) bond motifs is 1. The molecule has 0 radical (unpaired) electrons. The molecule has 3 rings (SSSR count). The summed E-state index contributed by atoms with van der Waals surface area (Å²) in [5, 5.41) is 7.64. The molecule has 0 unspecified atom stereocenters. The summed E-state index contributed by atoms with van der Waals surface area (Å²) in [5.74, 6) is -0.0997. The van der Waals surface area contributed by atoms with Gasteiger partial charge in [0.2, 0.25) is 5.91 Å². The van der Waals surface area contributed by atoms with Gasteiger partial charge in [-0.1, -0.05) is 23.9 Å². The molecule has 3 aromatic rings. The van der Waals surface area contributed by atoms with Crippen LogP contribution in [0.15, 0.2) is 45.5 Å². The zero-order valence-corrected chi connectivity index (χ0v) is 17.0. The Hall–Kier alpha value is -1.90. The Morgan fingerprint density at radius 3 is 2.96 bits per heavy atom. The van der Waals surface area contributed by atoms with Crippen molar-refractivity contribution < 1.29 is 4.79 Å². The highest BCUT2D eigenvalue weighted by atomic mass is 32.2. The molecule has 0 saturated heterocycles. The molecule has 0 bridgehead atoms. The maximum absolute atomic E-state index is 13.1. The summed E-state index contributed by atoms with van der Waals surface area (Å²) in [6, 6.07) is 3.99. The molecule has 136 valence electrons. The van der Waals surface area contributed by atoms with Crippen LogP contribution in [0.2, 0.25) is 0 Å². The lowest BCUT2D eigenvalue weighted by Gasteiger charge is -2.14. The van der Waals surface area contributed by atoms with Gasteiger partial charge in [-0.2, -0.15) is 0 Å². The second-order valence-electron chi connectivity index (χ2n) is 5.54. The largest absolute Gasteiger partial charge is 0.352 e. The normalized spacial score (nSPS) is 12.2. The summed E-state index contributed by atoms with van der Waals surface area (Å²) in [5.41, 5.74) is 0.886. The first-order chi connectivity index (χ1) is 12.6. The Bertz CT molecular complexity index is 989. The van der Waals surface area contributed by atoms with E-state index in [1.807, 2.05) is 36.7 Å². The highest BCUT2D eigenvalue weighted by Gasteiger charge is 2.21. The van der Waals surface area contributed by atoms with Crippen LogP contribution in [-0.2, 0) is 11.3 Å². The first-order valence-corrected chi connectivity index (χ1v) is 10.8. The van der Waals surface area contributed by atoms with Gasteiger partial charge in [0.25, 0.3) is 5.56 Å². The smallest absolute Gasteiger partial charge is 0.263 e. The van der Waals surface area contributed by atoms with Crippen LogP contribution in [0.3, 0.4) is 0 Å². The van der Waals surface area contributed by atoms with Crippen LogP contribution in [0.4, 0.5) is 0 Å². The minimum absolute atomic E-state index is 0.0525. The van der Waals surface area contributed by atoms with E-state index in [4.69, 9.17) is 0 Å². The third-order valence-electron chi connectivity index (χ3n) is 3.83. The predicted molar refractivity (Wildman–Crippen MR) is 111 cm³/mol. The van der Waals surface area contributed by atoms with Gasteiger partial charge >= 0.3 is 0 Å². The lowest BCUT2D eigenvalue weighted by molar-refractivity contribution is -0.120. The van der Waals surface area contributed by atoms with Crippen molar-refractivity contribution in [1.29, 1.82) is 0 Å². The molecule has 0 spiro atoms. The van der Waals surface area contributed by atoms with E-state index in [0.29, 0.717) is 28.5 Å². The Morgan fingerprint density at radius 2 is 2.31 bits per heavy atom. The lowest BCUT2D eigenvalue weighted by Crippen LogP contribution is -2.32. The Labute approximate surface area is 163 Å². The van der Waals surface area contributed by atoms with Crippen molar-refractivity contribution >= 4 is 50.6 Å². The van der Waals surface area contributed by atoms with E-state index < -0.39 is 0 Å². The van der Waals surface area contributed by atoms with Crippen molar-refractivity contribution in [1.82, 2.24) is 14.9 Å². The van der Waals surface area contributed by atoms with Gasteiger partial charge < -0.3 is 5.32 Å². The number of hydrogen-bond donors (Lipinski definition) is 1. The number of nitrogens with zero attached hydrogens (tertiary/aromatic N) is 2. The van der Waals surface area contributed by atoms with Crippen LogP contribution in [0.25, 0.3) is 20.7 Å². The van der Waals surface area contributed by atoms with Gasteiger partial charge in [-0.3, -0.25) is 14.2 Å². The lowest BCUT2D eigenvalue weighted by atomic mass is 10.2.